The lowest BCUT2D eigenvalue weighted by Crippen LogP contribution is -2.39. The van der Waals surface area contributed by atoms with Gasteiger partial charge in [-0.1, -0.05) is 31.4 Å². The van der Waals surface area contributed by atoms with Gasteiger partial charge in [0.15, 0.2) is 0 Å². The highest BCUT2D eigenvalue weighted by Crippen LogP contribution is 2.40. The molecule has 1 N–H and O–H groups in total. The van der Waals surface area contributed by atoms with Gasteiger partial charge in [-0.25, -0.2) is 12.8 Å². The summed E-state index contributed by atoms with van der Waals surface area (Å²) < 4.78 is 42.4. The van der Waals surface area contributed by atoms with E-state index in [1.807, 2.05) is 0 Å². The van der Waals surface area contributed by atoms with E-state index in [0.717, 1.165) is 50.5 Å². The molecule has 1 aromatic carbocycles. The fraction of sp³-hybridized carbons (Fsp3) is 0.522. The lowest BCUT2D eigenvalue weighted by molar-refractivity contribution is 0.0935. The first-order chi connectivity index (χ1) is 14.8. The Balaban J connectivity index is 1.50. The lowest BCUT2D eigenvalue weighted by atomic mass is 9.79. The molecule has 2 fully saturated rings. The first-order valence-corrected chi connectivity index (χ1v) is 12.5. The number of carbonyl (C=O) groups excluding carboxylic acids is 1. The van der Waals surface area contributed by atoms with Crippen LogP contribution in [0.5, 0.6) is 0 Å². The number of benzene rings is 1. The normalized spacial score (nSPS) is 19.4. The molecule has 8 heteroatoms. The van der Waals surface area contributed by atoms with E-state index in [2.05, 4.69) is 5.32 Å². The molecule has 1 aromatic heterocycles. The van der Waals surface area contributed by atoms with Crippen molar-refractivity contribution in [1.29, 1.82) is 0 Å². The molecule has 1 saturated heterocycles. The summed E-state index contributed by atoms with van der Waals surface area (Å²) in [5.41, 5.74) is 1.15. The molecular weight excluding hydrogens is 417 g/mol. The van der Waals surface area contributed by atoms with E-state index in [1.54, 1.807) is 23.7 Å². The van der Waals surface area contributed by atoms with Crippen LogP contribution in [0, 0.1) is 5.82 Å². The van der Waals surface area contributed by atoms with Gasteiger partial charge in [-0.05, 0) is 49.4 Å². The maximum Gasteiger partial charge on any atom is 0.267 e. The van der Waals surface area contributed by atoms with Crippen LogP contribution in [-0.4, -0.2) is 42.8 Å². The fourth-order valence-corrected chi connectivity index (χ4v) is 6.51. The third kappa shape index (κ3) is 4.41. The third-order valence-corrected chi connectivity index (χ3v) is 8.63. The molecule has 0 unspecified atom stereocenters. The lowest BCUT2D eigenvalue weighted by Gasteiger charge is -2.30. The summed E-state index contributed by atoms with van der Waals surface area (Å²) in [5, 5.41) is 3.02. The minimum absolute atomic E-state index is 0.163. The summed E-state index contributed by atoms with van der Waals surface area (Å²) in [6.45, 7) is 1.49. The summed E-state index contributed by atoms with van der Waals surface area (Å²) >= 11 is 0. The molecule has 0 radical (unpaired) electrons. The van der Waals surface area contributed by atoms with E-state index in [1.165, 1.54) is 28.7 Å². The Morgan fingerprint density at radius 2 is 1.71 bits per heavy atom. The van der Waals surface area contributed by atoms with Gasteiger partial charge in [0.25, 0.3) is 5.91 Å². The molecule has 1 aliphatic heterocycles. The molecule has 0 spiro atoms. The minimum atomic E-state index is -3.59. The Kier molecular flexibility index (Phi) is 6.21. The highest BCUT2D eigenvalue weighted by atomic mass is 32.2. The van der Waals surface area contributed by atoms with Crippen LogP contribution in [0.3, 0.4) is 0 Å². The molecule has 2 aromatic rings. The van der Waals surface area contributed by atoms with Crippen LogP contribution in [0.1, 0.15) is 61.0 Å². The van der Waals surface area contributed by atoms with Gasteiger partial charge in [0, 0.05) is 38.3 Å². The average Bonchev–Trinajstić information content (AvgIpc) is 3.41. The molecule has 2 aliphatic rings. The van der Waals surface area contributed by atoms with Gasteiger partial charge < -0.3 is 9.88 Å². The molecule has 1 saturated carbocycles. The minimum Gasteiger partial charge on any atom is -0.350 e. The Labute approximate surface area is 183 Å². The number of aryl methyl sites for hydroxylation is 1. The molecule has 4 rings (SSSR count). The first-order valence-electron chi connectivity index (χ1n) is 11.0. The van der Waals surface area contributed by atoms with Crippen molar-refractivity contribution in [2.24, 2.45) is 7.05 Å². The molecule has 1 aliphatic carbocycles. The molecule has 0 bridgehead atoms. The number of halogens is 1. The van der Waals surface area contributed by atoms with Crippen LogP contribution >= 0.6 is 0 Å². The van der Waals surface area contributed by atoms with Crippen LogP contribution in [0.25, 0.3) is 0 Å². The zero-order valence-electron chi connectivity index (χ0n) is 17.9. The van der Waals surface area contributed by atoms with Crippen LogP contribution in [-0.2, 0) is 22.5 Å². The van der Waals surface area contributed by atoms with Crippen molar-refractivity contribution in [1.82, 2.24) is 14.2 Å². The molecule has 168 valence electrons. The summed E-state index contributed by atoms with van der Waals surface area (Å²) in [5.74, 6) is -0.567. The summed E-state index contributed by atoms with van der Waals surface area (Å²) in [6, 6.07) is 8.01. The molecule has 1 amide bonds. The maximum absolute atomic E-state index is 13.4. The highest BCUT2D eigenvalue weighted by Gasteiger charge is 2.36. The zero-order valence-corrected chi connectivity index (χ0v) is 18.8. The van der Waals surface area contributed by atoms with Crippen molar-refractivity contribution in [3.05, 3.63) is 53.6 Å². The number of hydrogen-bond acceptors (Lipinski definition) is 3. The number of rotatable bonds is 6. The van der Waals surface area contributed by atoms with Crippen molar-refractivity contribution in [3.63, 3.8) is 0 Å². The van der Waals surface area contributed by atoms with Crippen LogP contribution in [0.15, 0.2) is 41.4 Å². The third-order valence-electron chi connectivity index (χ3n) is 6.77. The van der Waals surface area contributed by atoms with E-state index in [-0.39, 0.29) is 22.0 Å². The second-order valence-electron chi connectivity index (χ2n) is 8.81. The molecule has 2 heterocycles. The van der Waals surface area contributed by atoms with E-state index in [9.17, 15) is 17.6 Å². The van der Waals surface area contributed by atoms with Crippen LogP contribution in [0.4, 0.5) is 4.39 Å². The second-order valence-corrected chi connectivity index (χ2v) is 10.8. The Bertz CT molecular complexity index is 1030. The van der Waals surface area contributed by atoms with Crippen molar-refractivity contribution in [2.45, 2.75) is 55.3 Å². The van der Waals surface area contributed by atoms with Gasteiger partial charge in [-0.15, -0.1) is 0 Å². The van der Waals surface area contributed by atoms with Gasteiger partial charge in [0.05, 0.1) is 0 Å². The molecular formula is C23H30FN3O3S. The van der Waals surface area contributed by atoms with E-state index < -0.39 is 10.0 Å². The van der Waals surface area contributed by atoms with Crippen molar-refractivity contribution >= 4 is 15.9 Å². The number of piperidine rings is 1. The second kappa shape index (κ2) is 8.74. The SMILES string of the molecule is Cn1cc(S(=O)(=O)N2CCCCC2)cc1C(=O)NCC1(c2ccc(F)cc2)CCCC1. The van der Waals surface area contributed by atoms with E-state index in [4.69, 9.17) is 0 Å². The Morgan fingerprint density at radius 1 is 1.06 bits per heavy atom. The van der Waals surface area contributed by atoms with Crippen molar-refractivity contribution in [3.8, 4) is 0 Å². The standard InChI is InChI=1S/C23H30FN3O3S/c1-26-16-20(31(29,30)27-13-5-2-6-14-27)15-21(26)22(28)25-17-23(11-3-4-12-23)18-7-9-19(24)10-8-18/h7-10,15-16H,2-6,11-14,17H2,1H3,(H,25,28). The predicted molar refractivity (Wildman–Crippen MR) is 117 cm³/mol. The molecule has 31 heavy (non-hydrogen) atoms. The largest absolute Gasteiger partial charge is 0.350 e. The smallest absolute Gasteiger partial charge is 0.267 e. The van der Waals surface area contributed by atoms with Gasteiger partial charge in [-0.3, -0.25) is 4.79 Å². The van der Waals surface area contributed by atoms with Gasteiger partial charge in [0.2, 0.25) is 10.0 Å². The van der Waals surface area contributed by atoms with Crippen LogP contribution < -0.4 is 5.32 Å². The summed E-state index contributed by atoms with van der Waals surface area (Å²) in [6.07, 6.45) is 8.29. The molecule has 6 nitrogen and oxygen atoms in total. The number of aromatic nitrogens is 1. The quantitative estimate of drug-likeness (QED) is 0.736. The number of nitrogens with zero attached hydrogens (tertiary/aromatic N) is 2. The number of nitrogens with one attached hydrogen (secondary N) is 1. The number of carbonyl (C=O) groups is 1. The van der Waals surface area contributed by atoms with Crippen molar-refractivity contribution in [2.75, 3.05) is 19.6 Å². The van der Waals surface area contributed by atoms with Gasteiger partial charge >= 0.3 is 0 Å². The molecule has 0 atom stereocenters. The van der Waals surface area contributed by atoms with Crippen LogP contribution in [0.2, 0.25) is 0 Å². The predicted octanol–water partition coefficient (Wildman–Crippen LogP) is 3.58. The first kappa shape index (κ1) is 22.0. The van der Waals surface area contributed by atoms with Gasteiger partial charge in [0.1, 0.15) is 16.4 Å². The fourth-order valence-electron chi connectivity index (χ4n) is 4.92. The number of amides is 1. The summed E-state index contributed by atoms with van der Waals surface area (Å²) in [4.78, 5) is 13.1. The number of hydrogen-bond donors (Lipinski definition) is 1. The van der Waals surface area contributed by atoms with E-state index in [0.29, 0.717) is 25.3 Å². The van der Waals surface area contributed by atoms with E-state index >= 15 is 0 Å². The Hall–Kier alpha value is -2.19. The summed E-state index contributed by atoms with van der Waals surface area (Å²) in [7, 11) is -1.90. The Morgan fingerprint density at radius 3 is 2.35 bits per heavy atom. The maximum atomic E-state index is 13.4. The monoisotopic (exact) mass is 447 g/mol. The zero-order chi connectivity index (χ0) is 22.1. The average molecular weight is 448 g/mol. The highest BCUT2D eigenvalue weighted by molar-refractivity contribution is 7.89. The number of sulfonamides is 1. The topological polar surface area (TPSA) is 71.4 Å². The van der Waals surface area contributed by atoms with Gasteiger partial charge in [-0.2, -0.15) is 4.31 Å². The van der Waals surface area contributed by atoms with Crippen molar-refractivity contribution < 1.29 is 17.6 Å².